The Morgan fingerprint density at radius 1 is 1.00 bits per heavy atom. The van der Waals surface area contributed by atoms with E-state index in [9.17, 15) is 9.59 Å². The number of hydrogen-bond acceptors (Lipinski definition) is 2. The summed E-state index contributed by atoms with van der Waals surface area (Å²) in [5.74, 6) is -0.446. The highest BCUT2D eigenvalue weighted by molar-refractivity contribution is 6.19. The van der Waals surface area contributed by atoms with Gasteiger partial charge < -0.3 is 0 Å². The summed E-state index contributed by atoms with van der Waals surface area (Å²) in [5, 5.41) is 0. The fraction of sp³-hybridized carbons (Fsp3) is 0. The van der Waals surface area contributed by atoms with Gasteiger partial charge in [0.15, 0.2) is 5.78 Å². The first-order chi connectivity index (χ1) is 8.74. The molecule has 0 atom stereocenters. The molecular weight excluding hydrogens is 226 g/mol. The van der Waals surface area contributed by atoms with Crippen LogP contribution in [0.4, 0.5) is 0 Å². The van der Waals surface area contributed by atoms with Crippen LogP contribution in [0.15, 0.2) is 65.7 Å². The van der Waals surface area contributed by atoms with Crippen molar-refractivity contribution in [3.63, 3.8) is 0 Å². The van der Waals surface area contributed by atoms with Crippen molar-refractivity contribution >= 4 is 23.5 Å². The van der Waals surface area contributed by atoms with E-state index < -0.39 is 0 Å². The number of rotatable bonds is 2. The number of ketones is 1. The summed E-state index contributed by atoms with van der Waals surface area (Å²) >= 11 is 0. The van der Waals surface area contributed by atoms with Crippen LogP contribution in [0.3, 0.4) is 0 Å². The summed E-state index contributed by atoms with van der Waals surface area (Å²) in [6.45, 7) is 0. The van der Waals surface area contributed by atoms with Gasteiger partial charge >= 0.3 is 0 Å². The zero-order chi connectivity index (χ0) is 12.8. The Morgan fingerprint density at radius 3 is 2.33 bits per heavy atom. The van der Waals surface area contributed by atoms with Crippen LogP contribution in [0.25, 0.3) is 6.08 Å². The average molecular weight is 237 g/mol. The number of benzene rings is 1. The molecule has 1 aromatic rings. The Morgan fingerprint density at radius 2 is 1.67 bits per heavy atom. The van der Waals surface area contributed by atoms with Gasteiger partial charge in [0, 0.05) is 6.08 Å². The molecule has 1 amide bonds. The number of allylic oxidation sites excluding steroid dienone is 4. The summed E-state index contributed by atoms with van der Waals surface area (Å²) in [6.07, 6.45) is 8.92. The van der Waals surface area contributed by atoms with E-state index in [2.05, 4.69) is 4.99 Å². The fourth-order valence-corrected chi connectivity index (χ4v) is 1.42. The largest absolute Gasteiger partial charge is 0.290 e. The lowest BCUT2D eigenvalue weighted by Crippen LogP contribution is -2.01. The van der Waals surface area contributed by atoms with Gasteiger partial charge in [-0.15, -0.1) is 0 Å². The molecule has 0 saturated carbocycles. The molecule has 0 bridgehead atoms. The van der Waals surface area contributed by atoms with Crippen LogP contribution < -0.4 is 0 Å². The third-order valence-electron chi connectivity index (χ3n) is 2.29. The van der Waals surface area contributed by atoms with Crippen molar-refractivity contribution in [2.75, 3.05) is 0 Å². The molecule has 3 nitrogen and oxygen atoms in total. The van der Waals surface area contributed by atoms with E-state index >= 15 is 0 Å². The van der Waals surface area contributed by atoms with Gasteiger partial charge in [-0.05, 0) is 35.9 Å². The number of aliphatic imine (C=N–C) groups is 1. The van der Waals surface area contributed by atoms with Crippen LogP contribution in [-0.4, -0.2) is 17.4 Å². The van der Waals surface area contributed by atoms with E-state index in [-0.39, 0.29) is 11.7 Å². The van der Waals surface area contributed by atoms with E-state index in [1.165, 1.54) is 30.4 Å². The number of nitrogens with zero attached hydrogens (tertiary/aromatic N) is 1. The molecule has 0 fully saturated rings. The zero-order valence-electron chi connectivity index (χ0n) is 9.61. The SMILES string of the molecule is O=C1C=CC(=NC(=O)/C=C/c2ccccc2)C=C1. The zero-order valence-corrected chi connectivity index (χ0v) is 9.61. The maximum atomic E-state index is 11.5. The molecule has 0 saturated heterocycles. The van der Waals surface area contributed by atoms with Crippen molar-refractivity contribution in [3.8, 4) is 0 Å². The molecule has 0 N–H and O–H groups in total. The predicted molar refractivity (Wildman–Crippen MR) is 71.2 cm³/mol. The maximum Gasteiger partial charge on any atom is 0.270 e. The fourth-order valence-electron chi connectivity index (χ4n) is 1.42. The van der Waals surface area contributed by atoms with Gasteiger partial charge in [-0.1, -0.05) is 30.3 Å². The first kappa shape index (κ1) is 11.9. The van der Waals surface area contributed by atoms with Gasteiger partial charge in [0.2, 0.25) is 0 Å². The van der Waals surface area contributed by atoms with Crippen molar-refractivity contribution in [1.29, 1.82) is 0 Å². The lowest BCUT2D eigenvalue weighted by molar-refractivity contribution is -0.113. The normalized spacial score (nSPS) is 14.2. The van der Waals surface area contributed by atoms with E-state index in [1.807, 2.05) is 30.3 Å². The Balaban J connectivity index is 2.04. The highest BCUT2D eigenvalue weighted by atomic mass is 16.1. The highest BCUT2D eigenvalue weighted by Crippen LogP contribution is 2.02. The summed E-state index contributed by atoms with van der Waals surface area (Å²) in [6, 6.07) is 9.50. The second kappa shape index (κ2) is 5.68. The first-order valence-corrected chi connectivity index (χ1v) is 5.50. The van der Waals surface area contributed by atoms with Crippen LogP contribution in [0.1, 0.15) is 5.56 Å². The molecule has 1 aromatic carbocycles. The molecule has 2 rings (SSSR count). The van der Waals surface area contributed by atoms with E-state index in [0.717, 1.165) is 5.56 Å². The summed E-state index contributed by atoms with van der Waals surface area (Å²) < 4.78 is 0. The molecule has 1 aliphatic rings. The monoisotopic (exact) mass is 237 g/mol. The average Bonchev–Trinajstić information content (AvgIpc) is 2.40. The second-order valence-corrected chi connectivity index (χ2v) is 3.69. The molecule has 0 heterocycles. The van der Waals surface area contributed by atoms with E-state index in [4.69, 9.17) is 0 Å². The van der Waals surface area contributed by atoms with Gasteiger partial charge in [-0.2, -0.15) is 0 Å². The van der Waals surface area contributed by atoms with Crippen LogP contribution >= 0.6 is 0 Å². The highest BCUT2D eigenvalue weighted by Gasteiger charge is 2.01. The first-order valence-electron chi connectivity index (χ1n) is 5.50. The molecule has 0 unspecified atom stereocenters. The predicted octanol–water partition coefficient (Wildman–Crippen LogP) is 2.36. The Hall–Kier alpha value is -2.55. The standard InChI is InChI=1S/C15H11NO2/c17-14-9-7-13(8-10-14)16-15(18)11-6-12-4-2-1-3-5-12/h1-11H/b11-6+. The van der Waals surface area contributed by atoms with Crippen LogP contribution in [0.2, 0.25) is 0 Å². The lowest BCUT2D eigenvalue weighted by atomic mass is 10.1. The third kappa shape index (κ3) is 3.49. The van der Waals surface area contributed by atoms with Crippen molar-refractivity contribution in [3.05, 3.63) is 66.3 Å². The number of carbonyl (C=O) groups excluding carboxylic acids is 2. The summed E-state index contributed by atoms with van der Waals surface area (Å²) in [7, 11) is 0. The molecule has 18 heavy (non-hydrogen) atoms. The molecule has 1 aliphatic carbocycles. The van der Waals surface area contributed by atoms with Crippen molar-refractivity contribution in [1.82, 2.24) is 0 Å². The third-order valence-corrected chi connectivity index (χ3v) is 2.29. The number of amides is 1. The molecule has 3 heteroatoms. The number of carbonyl (C=O) groups is 2. The quantitative estimate of drug-likeness (QED) is 0.585. The molecule has 0 aliphatic heterocycles. The molecule has 88 valence electrons. The minimum atomic E-state index is -0.350. The molecule has 0 aromatic heterocycles. The van der Waals surface area contributed by atoms with Crippen molar-refractivity contribution in [2.45, 2.75) is 0 Å². The van der Waals surface area contributed by atoms with Crippen molar-refractivity contribution in [2.24, 2.45) is 4.99 Å². The number of hydrogen-bond donors (Lipinski definition) is 0. The smallest absolute Gasteiger partial charge is 0.270 e. The molecular formula is C15H11NO2. The second-order valence-electron chi connectivity index (χ2n) is 3.69. The van der Waals surface area contributed by atoms with Gasteiger partial charge in [0.1, 0.15) is 0 Å². The lowest BCUT2D eigenvalue weighted by Gasteiger charge is -1.96. The van der Waals surface area contributed by atoms with Gasteiger partial charge in [0.05, 0.1) is 5.71 Å². The molecule has 0 radical (unpaired) electrons. The topological polar surface area (TPSA) is 46.5 Å². The minimum Gasteiger partial charge on any atom is -0.290 e. The Bertz CT molecular complexity index is 560. The summed E-state index contributed by atoms with van der Waals surface area (Å²) in [5.41, 5.74) is 1.42. The van der Waals surface area contributed by atoms with Crippen LogP contribution in [0, 0.1) is 0 Å². The maximum absolute atomic E-state index is 11.5. The Kier molecular flexibility index (Phi) is 3.76. The van der Waals surface area contributed by atoms with Gasteiger partial charge in [-0.3, -0.25) is 9.59 Å². The van der Waals surface area contributed by atoms with Crippen LogP contribution in [0.5, 0.6) is 0 Å². The van der Waals surface area contributed by atoms with Crippen LogP contribution in [-0.2, 0) is 9.59 Å². The van der Waals surface area contributed by atoms with E-state index in [1.54, 1.807) is 6.08 Å². The summed E-state index contributed by atoms with van der Waals surface area (Å²) in [4.78, 5) is 26.3. The van der Waals surface area contributed by atoms with E-state index in [0.29, 0.717) is 5.71 Å². The molecule has 0 spiro atoms. The van der Waals surface area contributed by atoms with Crippen molar-refractivity contribution < 1.29 is 9.59 Å². The minimum absolute atomic E-state index is 0.0961. The Labute approximate surface area is 105 Å². The van der Waals surface area contributed by atoms with Gasteiger partial charge in [0.25, 0.3) is 5.91 Å². The van der Waals surface area contributed by atoms with Gasteiger partial charge in [-0.25, -0.2) is 4.99 Å².